The summed E-state index contributed by atoms with van der Waals surface area (Å²) >= 11 is 0. The highest BCUT2D eigenvalue weighted by atomic mass is 16.5. The third-order valence-electron chi connectivity index (χ3n) is 3.13. The van der Waals surface area contributed by atoms with Crippen molar-refractivity contribution < 1.29 is 19.4 Å². The maximum Gasteiger partial charge on any atom is 0.320 e. The quantitative estimate of drug-likeness (QED) is 0.840. The van der Waals surface area contributed by atoms with Crippen molar-refractivity contribution in [2.24, 2.45) is 0 Å². The Hall–Kier alpha value is -1.30. The fourth-order valence-electron chi connectivity index (χ4n) is 2.15. The number of aliphatic carboxylic acids is 1. The third-order valence-corrected chi connectivity index (χ3v) is 3.13. The summed E-state index contributed by atoms with van der Waals surface area (Å²) in [7, 11) is 0. The molecule has 0 atom stereocenters. The van der Waals surface area contributed by atoms with Gasteiger partial charge in [-0.1, -0.05) is 0 Å². The van der Waals surface area contributed by atoms with Crippen molar-refractivity contribution in [3.63, 3.8) is 0 Å². The molecule has 6 heteroatoms. The molecule has 0 bridgehead atoms. The van der Waals surface area contributed by atoms with Crippen molar-refractivity contribution in [3.05, 3.63) is 0 Å². The van der Waals surface area contributed by atoms with Gasteiger partial charge < -0.3 is 19.6 Å². The molecule has 1 aliphatic rings. The van der Waals surface area contributed by atoms with Crippen LogP contribution in [0.5, 0.6) is 0 Å². The molecule has 19 heavy (non-hydrogen) atoms. The highest BCUT2D eigenvalue weighted by Gasteiger charge is 2.32. The number of morpholine rings is 1. The van der Waals surface area contributed by atoms with E-state index in [4.69, 9.17) is 9.84 Å². The predicted molar refractivity (Wildman–Crippen MR) is 71.1 cm³/mol. The highest BCUT2D eigenvalue weighted by molar-refractivity contribution is 5.76. The molecule has 1 N–H and O–H groups in total. The van der Waals surface area contributed by atoms with Crippen molar-refractivity contribution in [2.75, 3.05) is 26.2 Å². The summed E-state index contributed by atoms with van der Waals surface area (Å²) in [6, 6.07) is -0.120. The average molecular weight is 272 g/mol. The van der Waals surface area contributed by atoms with Gasteiger partial charge in [0, 0.05) is 19.1 Å². The second-order valence-corrected chi connectivity index (χ2v) is 5.74. The van der Waals surface area contributed by atoms with E-state index in [1.807, 2.05) is 27.7 Å². The van der Waals surface area contributed by atoms with Gasteiger partial charge in [-0.3, -0.25) is 4.79 Å². The summed E-state index contributed by atoms with van der Waals surface area (Å²) in [5.74, 6) is -0.888. The number of ether oxygens (including phenoxy) is 1. The molecule has 1 heterocycles. The number of nitrogens with zero attached hydrogens (tertiary/aromatic N) is 2. The Morgan fingerprint density at radius 3 is 2.53 bits per heavy atom. The molecule has 1 fully saturated rings. The minimum absolute atomic E-state index is 0.0159. The summed E-state index contributed by atoms with van der Waals surface area (Å²) in [6.45, 7) is 9.53. The number of carbonyl (C=O) groups is 2. The van der Waals surface area contributed by atoms with Crippen LogP contribution < -0.4 is 0 Å². The molecule has 1 saturated heterocycles. The predicted octanol–water partition coefficient (Wildman–Crippen LogP) is 1.40. The molecule has 0 aromatic heterocycles. The molecule has 0 saturated carbocycles. The lowest BCUT2D eigenvalue weighted by atomic mass is 10.1. The minimum atomic E-state index is -0.888. The monoisotopic (exact) mass is 272 g/mol. The number of carbonyl (C=O) groups excluding carboxylic acids is 1. The largest absolute Gasteiger partial charge is 0.481 e. The zero-order chi connectivity index (χ0) is 14.6. The van der Waals surface area contributed by atoms with Gasteiger partial charge in [0.05, 0.1) is 25.2 Å². The van der Waals surface area contributed by atoms with Crippen LogP contribution in [0.4, 0.5) is 4.79 Å². The molecule has 0 radical (unpaired) electrons. The van der Waals surface area contributed by atoms with Crippen LogP contribution in [-0.4, -0.2) is 64.8 Å². The summed E-state index contributed by atoms with van der Waals surface area (Å²) < 4.78 is 5.58. The Morgan fingerprint density at radius 1 is 1.42 bits per heavy atom. The molecular formula is C13H24N2O4. The topological polar surface area (TPSA) is 70.1 Å². The zero-order valence-electron chi connectivity index (χ0n) is 12.2. The van der Waals surface area contributed by atoms with Crippen molar-refractivity contribution in [1.29, 1.82) is 0 Å². The summed E-state index contributed by atoms with van der Waals surface area (Å²) in [5, 5.41) is 8.75. The SMILES string of the molecule is CC(C)N(CCC(=O)O)C(=O)N1CCOC(C)(C)C1. The van der Waals surface area contributed by atoms with Gasteiger partial charge in [0.1, 0.15) is 0 Å². The van der Waals surface area contributed by atoms with E-state index in [1.165, 1.54) is 0 Å². The Kier molecular flexibility index (Phi) is 5.17. The lowest BCUT2D eigenvalue weighted by Gasteiger charge is -2.41. The molecule has 0 aliphatic carbocycles. The van der Waals surface area contributed by atoms with Gasteiger partial charge >= 0.3 is 12.0 Å². The molecule has 110 valence electrons. The average Bonchev–Trinajstić information content (AvgIpc) is 2.26. The van der Waals surface area contributed by atoms with Gasteiger partial charge in [0.25, 0.3) is 0 Å². The maximum atomic E-state index is 12.4. The van der Waals surface area contributed by atoms with E-state index < -0.39 is 5.97 Å². The van der Waals surface area contributed by atoms with Gasteiger partial charge in [0.2, 0.25) is 0 Å². The minimum Gasteiger partial charge on any atom is -0.481 e. The lowest BCUT2D eigenvalue weighted by molar-refractivity contribution is -0.137. The first-order valence-electron chi connectivity index (χ1n) is 6.64. The Bertz CT molecular complexity index is 342. The van der Waals surface area contributed by atoms with Crippen LogP contribution in [-0.2, 0) is 9.53 Å². The zero-order valence-corrected chi connectivity index (χ0v) is 12.2. The number of amides is 2. The van der Waals surface area contributed by atoms with Crippen molar-refractivity contribution in [3.8, 4) is 0 Å². The van der Waals surface area contributed by atoms with Gasteiger partial charge in [0.15, 0.2) is 0 Å². The first-order chi connectivity index (χ1) is 8.73. The van der Waals surface area contributed by atoms with E-state index in [-0.39, 0.29) is 30.6 Å². The Labute approximate surface area is 114 Å². The standard InChI is InChI=1S/C13H24N2O4/c1-10(2)15(6-5-11(16)17)12(18)14-7-8-19-13(3,4)9-14/h10H,5-9H2,1-4H3,(H,16,17). The number of carboxylic acids is 1. The van der Waals surface area contributed by atoms with Gasteiger partial charge in [-0.15, -0.1) is 0 Å². The summed E-state index contributed by atoms with van der Waals surface area (Å²) in [6.07, 6.45) is -0.0301. The van der Waals surface area contributed by atoms with Crippen LogP contribution in [0.3, 0.4) is 0 Å². The van der Waals surface area contributed by atoms with Gasteiger partial charge in [-0.25, -0.2) is 4.79 Å². The normalized spacial score (nSPS) is 18.5. The third kappa shape index (κ3) is 4.70. The van der Waals surface area contributed by atoms with Crippen LogP contribution in [0.2, 0.25) is 0 Å². The smallest absolute Gasteiger partial charge is 0.320 e. The second-order valence-electron chi connectivity index (χ2n) is 5.74. The second kappa shape index (κ2) is 6.23. The fourth-order valence-corrected chi connectivity index (χ4v) is 2.15. The maximum absolute atomic E-state index is 12.4. The fraction of sp³-hybridized carbons (Fsp3) is 0.846. The number of urea groups is 1. The first-order valence-corrected chi connectivity index (χ1v) is 6.64. The van der Waals surface area contributed by atoms with Gasteiger partial charge in [-0.05, 0) is 27.7 Å². The van der Waals surface area contributed by atoms with Crippen LogP contribution in [0.1, 0.15) is 34.1 Å². The van der Waals surface area contributed by atoms with Crippen molar-refractivity contribution in [2.45, 2.75) is 45.8 Å². The van der Waals surface area contributed by atoms with Crippen molar-refractivity contribution >= 4 is 12.0 Å². The first kappa shape index (κ1) is 15.8. The summed E-state index contributed by atoms with van der Waals surface area (Å²) in [5.41, 5.74) is -0.344. The highest BCUT2D eigenvalue weighted by Crippen LogP contribution is 2.18. The van der Waals surface area contributed by atoms with Crippen LogP contribution >= 0.6 is 0 Å². The summed E-state index contributed by atoms with van der Waals surface area (Å²) in [4.78, 5) is 26.4. The van der Waals surface area contributed by atoms with Crippen LogP contribution in [0.15, 0.2) is 0 Å². The van der Waals surface area contributed by atoms with Crippen molar-refractivity contribution in [1.82, 2.24) is 9.80 Å². The molecule has 0 spiro atoms. The molecule has 0 aromatic rings. The van der Waals surface area contributed by atoms with E-state index >= 15 is 0 Å². The molecule has 0 unspecified atom stereocenters. The molecular weight excluding hydrogens is 248 g/mol. The Morgan fingerprint density at radius 2 is 2.05 bits per heavy atom. The number of carboxylic acid groups (broad SMARTS) is 1. The van der Waals surface area contributed by atoms with E-state index in [0.717, 1.165) is 0 Å². The van der Waals surface area contributed by atoms with E-state index in [2.05, 4.69) is 0 Å². The number of hydrogen-bond acceptors (Lipinski definition) is 3. The van der Waals surface area contributed by atoms with E-state index in [1.54, 1.807) is 9.80 Å². The molecule has 0 aromatic carbocycles. The number of rotatable bonds is 4. The lowest BCUT2D eigenvalue weighted by Crippen LogP contribution is -2.55. The van der Waals surface area contributed by atoms with Crippen LogP contribution in [0.25, 0.3) is 0 Å². The van der Waals surface area contributed by atoms with Gasteiger partial charge in [-0.2, -0.15) is 0 Å². The van der Waals surface area contributed by atoms with E-state index in [9.17, 15) is 9.59 Å². The van der Waals surface area contributed by atoms with Crippen LogP contribution in [0, 0.1) is 0 Å². The molecule has 6 nitrogen and oxygen atoms in total. The molecule has 1 rings (SSSR count). The van der Waals surface area contributed by atoms with E-state index in [0.29, 0.717) is 19.7 Å². The number of hydrogen-bond donors (Lipinski definition) is 1. The molecule has 1 aliphatic heterocycles. The Balaban J connectivity index is 2.68. The molecule has 2 amide bonds.